The summed E-state index contributed by atoms with van der Waals surface area (Å²) in [7, 11) is 1.60. The molecular formula is C22H27BrN4O3. The molecule has 0 saturated carbocycles. The highest BCUT2D eigenvalue weighted by Gasteiger charge is 2.23. The summed E-state index contributed by atoms with van der Waals surface area (Å²) in [5.41, 5.74) is 7.28. The number of nitrogens with two attached hydrogens (primary N) is 1. The molecule has 0 spiro atoms. The summed E-state index contributed by atoms with van der Waals surface area (Å²) in [5.74, 6) is 0.260. The van der Waals surface area contributed by atoms with Gasteiger partial charge in [-0.2, -0.15) is 0 Å². The predicted octanol–water partition coefficient (Wildman–Crippen LogP) is 2.73. The molecule has 1 aromatic carbocycles. The van der Waals surface area contributed by atoms with Gasteiger partial charge in [0.25, 0.3) is 5.91 Å². The number of carbonyl (C=O) groups is 2. The molecule has 2 heterocycles. The molecule has 0 radical (unpaired) electrons. The number of hydrogen-bond acceptors (Lipinski definition) is 5. The van der Waals surface area contributed by atoms with Crippen molar-refractivity contribution in [3.63, 3.8) is 0 Å². The van der Waals surface area contributed by atoms with E-state index >= 15 is 0 Å². The van der Waals surface area contributed by atoms with E-state index in [0.717, 1.165) is 62.2 Å². The van der Waals surface area contributed by atoms with E-state index in [1.807, 2.05) is 23.1 Å². The van der Waals surface area contributed by atoms with E-state index in [4.69, 9.17) is 10.5 Å². The Hall–Kier alpha value is -2.45. The molecule has 2 aromatic rings. The Morgan fingerprint density at radius 2 is 1.90 bits per heavy atom. The minimum absolute atomic E-state index is 0.0332. The van der Waals surface area contributed by atoms with Crippen molar-refractivity contribution in [2.75, 3.05) is 39.8 Å². The molecule has 160 valence electrons. The van der Waals surface area contributed by atoms with Gasteiger partial charge in [-0.05, 0) is 72.1 Å². The number of pyridine rings is 1. The molecule has 2 N–H and O–H groups in total. The molecule has 1 saturated heterocycles. The Kier molecular flexibility index (Phi) is 7.81. The van der Waals surface area contributed by atoms with Gasteiger partial charge in [-0.1, -0.05) is 0 Å². The zero-order chi connectivity index (χ0) is 21.5. The van der Waals surface area contributed by atoms with E-state index in [0.29, 0.717) is 16.9 Å². The van der Waals surface area contributed by atoms with Gasteiger partial charge in [-0.25, -0.2) is 0 Å². The fourth-order valence-corrected chi connectivity index (χ4v) is 3.92. The van der Waals surface area contributed by atoms with Crippen LogP contribution in [0.1, 0.15) is 39.3 Å². The van der Waals surface area contributed by atoms with Crippen molar-refractivity contribution < 1.29 is 14.3 Å². The summed E-state index contributed by atoms with van der Waals surface area (Å²) in [4.78, 5) is 32.5. The number of ether oxygens (including phenoxy) is 1. The standard InChI is InChI=1S/C22H27BrN4O3/c1-30-18-7-8-20(23)19(14-18)22(29)27-12-10-26(11-13-27)9-3-2-4-17-6-5-16(15-25-17)21(24)28/h5-8,14-15H,2-4,9-13H2,1H3,(H2,24,28). The van der Waals surface area contributed by atoms with E-state index in [1.54, 1.807) is 19.2 Å². The molecule has 1 fully saturated rings. The monoisotopic (exact) mass is 474 g/mol. The van der Waals surface area contributed by atoms with Gasteiger partial charge < -0.3 is 15.4 Å². The number of hydrogen-bond donors (Lipinski definition) is 1. The van der Waals surface area contributed by atoms with Crippen LogP contribution in [0.5, 0.6) is 5.75 Å². The number of unbranched alkanes of at least 4 members (excludes halogenated alkanes) is 1. The predicted molar refractivity (Wildman–Crippen MR) is 119 cm³/mol. The summed E-state index contributed by atoms with van der Waals surface area (Å²) in [6.07, 6.45) is 4.50. The number of halogens is 1. The van der Waals surface area contributed by atoms with Crippen LogP contribution >= 0.6 is 15.9 Å². The summed E-state index contributed by atoms with van der Waals surface area (Å²) in [6, 6.07) is 9.05. The minimum atomic E-state index is -0.453. The van der Waals surface area contributed by atoms with Crippen LogP contribution < -0.4 is 10.5 Å². The highest BCUT2D eigenvalue weighted by Crippen LogP contribution is 2.24. The lowest BCUT2D eigenvalue weighted by Crippen LogP contribution is -2.48. The second-order valence-electron chi connectivity index (χ2n) is 7.34. The Morgan fingerprint density at radius 3 is 2.53 bits per heavy atom. The Labute approximate surface area is 185 Å². The van der Waals surface area contributed by atoms with Crippen molar-refractivity contribution in [2.45, 2.75) is 19.3 Å². The molecule has 0 unspecified atom stereocenters. The van der Waals surface area contributed by atoms with Crippen LogP contribution in [0.25, 0.3) is 0 Å². The van der Waals surface area contributed by atoms with Crippen molar-refractivity contribution in [1.82, 2.24) is 14.8 Å². The van der Waals surface area contributed by atoms with Crippen molar-refractivity contribution in [2.24, 2.45) is 5.73 Å². The maximum absolute atomic E-state index is 12.9. The lowest BCUT2D eigenvalue weighted by atomic mass is 10.1. The molecule has 8 heteroatoms. The number of piperazine rings is 1. The summed E-state index contributed by atoms with van der Waals surface area (Å²) in [5, 5.41) is 0. The molecule has 30 heavy (non-hydrogen) atoms. The molecular weight excluding hydrogens is 448 g/mol. The van der Waals surface area contributed by atoms with Gasteiger partial charge in [0.15, 0.2) is 0 Å². The summed E-state index contributed by atoms with van der Waals surface area (Å²) in [6.45, 7) is 4.19. The Morgan fingerprint density at radius 1 is 1.13 bits per heavy atom. The minimum Gasteiger partial charge on any atom is -0.497 e. The molecule has 3 rings (SSSR count). The lowest BCUT2D eigenvalue weighted by Gasteiger charge is -2.35. The molecule has 2 amide bonds. The Bertz CT molecular complexity index is 880. The smallest absolute Gasteiger partial charge is 0.255 e. The van der Waals surface area contributed by atoms with Crippen LogP contribution in [0.3, 0.4) is 0 Å². The van der Waals surface area contributed by atoms with Crippen LogP contribution in [0.15, 0.2) is 41.0 Å². The van der Waals surface area contributed by atoms with Crippen molar-refractivity contribution in [3.8, 4) is 5.75 Å². The van der Waals surface area contributed by atoms with Gasteiger partial charge in [0.05, 0.1) is 18.2 Å². The fraction of sp³-hybridized carbons (Fsp3) is 0.409. The lowest BCUT2D eigenvalue weighted by molar-refractivity contribution is 0.0634. The van der Waals surface area contributed by atoms with Crippen LogP contribution in [0, 0.1) is 0 Å². The molecule has 0 aliphatic carbocycles. The van der Waals surface area contributed by atoms with Gasteiger partial charge >= 0.3 is 0 Å². The van der Waals surface area contributed by atoms with Gasteiger partial charge in [0, 0.05) is 42.5 Å². The average Bonchev–Trinajstić information content (AvgIpc) is 2.77. The zero-order valence-corrected chi connectivity index (χ0v) is 18.7. The van der Waals surface area contributed by atoms with E-state index in [-0.39, 0.29) is 5.91 Å². The third-order valence-electron chi connectivity index (χ3n) is 5.33. The first-order valence-corrected chi connectivity index (χ1v) is 10.9. The molecule has 1 aliphatic heterocycles. The third-order valence-corrected chi connectivity index (χ3v) is 6.02. The first-order valence-electron chi connectivity index (χ1n) is 10.1. The van der Waals surface area contributed by atoms with Crippen LogP contribution in [-0.4, -0.2) is 66.4 Å². The number of aromatic nitrogens is 1. The zero-order valence-electron chi connectivity index (χ0n) is 17.1. The van der Waals surface area contributed by atoms with E-state index < -0.39 is 5.91 Å². The highest BCUT2D eigenvalue weighted by molar-refractivity contribution is 9.10. The molecule has 0 bridgehead atoms. The van der Waals surface area contributed by atoms with Gasteiger partial charge in [0.2, 0.25) is 5.91 Å². The second-order valence-corrected chi connectivity index (χ2v) is 8.19. The number of amides is 2. The molecule has 7 nitrogen and oxygen atoms in total. The van der Waals surface area contributed by atoms with E-state index in [1.165, 1.54) is 6.20 Å². The largest absolute Gasteiger partial charge is 0.497 e. The van der Waals surface area contributed by atoms with Crippen LogP contribution in [-0.2, 0) is 6.42 Å². The number of nitrogens with zero attached hydrogens (tertiary/aromatic N) is 3. The number of primary amides is 1. The topological polar surface area (TPSA) is 88.8 Å². The van der Waals surface area contributed by atoms with E-state index in [2.05, 4.69) is 25.8 Å². The maximum Gasteiger partial charge on any atom is 0.255 e. The molecule has 0 atom stereocenters. The Balaban J connectivity index is 1.40. The van der Waals surface area contributed by atoms with E-state index in [9.17, 15) is 9.59 Å². The van der Waals surface area contributed by atoms with Crippen molar-refractivity contribution in [3.05, 3.63) is 57.8 Å². The number of methoxy groups -OCH3 is 1. The number of carbonyl (C=O) groups excluding carboxylic acids is 2. The fourth-order valence-electron chi connectivity index (χ4n) is 3.50. The second kappa shape index (κ2) is 10.5. The number of rotatable bonds is 8. The van der Waals surface area contributed by atoms with Gasteiger partial charge in [0.1, 0.15) is 5.75 Å². The summed E-state index contributed by atoms with van der Waals surface area (Å²) < 4.78 is 6.03. The molecule has 1 aliphatic rings. The summed E-state index contributed by atoms with van der Waals surface area (Å²) >= 11 is 3.47. The van der Waals surface area contributed by atoms with Gasteiger partial charge in [-0.15, -0.1) is 0 Å². The van der Waals surface area contributed by atoms with Crippen molar-refractivity contribution >= 4 is 27.7 Å². The average molecular weight is 475 g/mol. The van der Waals surface area contributed by atoms with Gasteiger partial charge in [-0.3, -0.25) is 19.5 Å². The van der Waals surface area contributed by atoms with Crippen LogP contribution in [0.4, 0.5) is 0 Å². The van der Waals surface area contributed by atoms with Crippen LogP contribution in [0.2, 0.25) is 0 Å². The third kappa shape index (κ3) is 5.79. The first-order chi connectivity index (χ1) is 14.5. The first kappa shape index (κ1) is 22.2. The number of aryl methyl sites for hydroxylation is 1. The normalized spacial score (nSPS) is 14.5. The maximum atomic E-state index is 12.9. The molecule has 1 aromatic heterocycles. The number of benzene rings is 1. The highest BCUT2D eigenvalue weighted by atomic mass is 79.9. The van der Waals surface area contributed by atoms with Crippen molar-refractivity contribution in [1.29, 1.82) is 0 Å². The quantitative estimate of drug-likeness (QED) is 0.594. The SMILES string of the molecule is COc1ccc(Br)c(C(=O)N2CCN(CCCCc3ccc(C(N)=O)cn3)CC2)c1.